The van der Waals surface area contributed by atoms with Crippen molar-refractivity contribution >= 4 is 11.9 Å². The van der Waals surface area contributed by atoms with Crippen molar-refractivity contribution in [1.82, 2.24) is 4.90 Å². The van der Waals surface area contributed by atoms with Gasteiger partial charge in [-0.15, -0.1) is 0 Å². The second-order valence-corrected chi connectivity index (χ2v) is 5.86. The van der Waals surface area contributed by atoms with Crippen LogP contribution >= 0.6 is 0 Å². The topological polar surface area (TPSA) is 67.9 Å². The standard InChI is InChI=1S/C19H21N3O2/c1-4-19(17(23)22(2)18(20)21-19)15-9-5-7-13(11-15)14-8-6-10-16(12-14)24-3/h5-12H,4H2,1-3H3,(H2,20,21). The third-order valence-electron chi connectivity index (χ3n) is 4.56. The first-order valence-electron chi connectivity index (χ1n) is 7.90. The predicted molar refractivity (Wildman–Crippen MR) is 94.8 cm³/mol. The monoisotopic (exact) mass is 323 g/mol. The highest BCUT2D eigenvalue weighted by Crippen LogP contribution is 2.37. The number of amides is 1. The highest BCUT2D eigenvalue weighted by molar-refractivity contribution is 6.07. The van der Waals surface area contributed by atoms with E-state index >= 15 is 0 Å². The van der Waals surface area contributed by atoms with E-state index in [2.05, 4.69) is 4.99 Å². The van der Waals surface area contributed by atoms with E-state index in [0.717, 1.165) is 22.4 Å². The average Bonchev–Trinajstić information content (AvgIpc) is 2.86. The first-order chi connectivity index (χ1) is 11.5. The molecule has 0 aliphatic carbocycles. The number of benzene rings is 2. The summed E-state index contributed by atoms with van der Waals surface area (Å²) in [5.74, 6) is 0.959. The number of hydrogen-bond acceptors (Lipinski definition) is 4. The predicted octanol–water partition coefficient (Wildman–Crippen LogP) is 2.75. The van der Waals surface area contributed by atoms with Gasteiger partial charge in [0.2, 0.25) is 0 Å². The van der Waals surface area contributed by atoms with Gasteiger partial charge in [0.15, 0.2) is 11.5 Å². The molecule has 24 heavy (non-hydrogen) atoms. The second kappa shape index (κ2) is 6.00. The summed E-state index contributed by atoms with van der Waals surface area (Å²) in [4.78, 5) is 18.6. The third-order valence-corrected chi connectivity index (χ3v) is 4.56. The molecule has 1 unspecified atom stereocenters. The zero-order valence-electron chi connectivity index (χ0n) is 14.1. The molecule has 1 heterocycles. The van der Waals surface area contributed by atoms with Gasteiger partial charge in [0, 0.05) is 7.05 Å². The van der Waals surface area contributed by atoms with E-state index in [1.165, 1.54) is 4.90 Å². The van der Waals surface area contributed by atoms with E-state index in [1.807, 2.05) is 55.5 Å². The number of nitrogens with two attached hydrogens (primary N) is 1. The quantitative estimate of drug-likeness (QED) is 0.940. The van der Waals surface area contributed by atoms with Gasteiger partial charge in [0.05, 0.1) is 7.11 Å². The molecule has 3 rings (SSSR count). The van der Waals surface area contributed by atoms with Crippen LogP contribution in [0.4, 0.5) is 0 Å². The molecule has 0 saturated carbocycles. The van der Waals surface area contributed by atoms with Crippen molar-refractivity contribution in [1.29, 1.82) is 0 Å². The maximum absolute atomic E-state index is 12.7. The highest BCUT2D eigenvalue weighted by atomic mass is 16.5. The van der Waals surface area contributed by atoms with Gasteiger partial charge in [-0.25, -0.2) is 4.99 Å². The molecule has 0 bridgehead atoms. The molecule has 1 atom stereocenters. The Morgan fingerprint density at radius 3 is 2.42 bits per heavy atom. The fourth-order valence-corrected chi connectivity index (χ4v) is 3.08. The van der Waals surface area contributed by atoms with Crippen molar-refractivity contribution in [2.45, 2.75) is 18.9 Å². The largest absolute Gasteiger partial charge is 0.497 e. The summed E-state index contributed by atoms with van der Waals surface area (Å²) < 4.78 is 5.29. The number of guanidine groups is 1. The number of aliphatic imine (C=N–C) groups is 1. The molecule has 0 radical (unpaired) electrons. The summed E-state index contributed by atoms with van der Waals surface area (Å²) in [5, 5.41) is 0. The maximum atomic E-state index is 12.7. The third kappa shape index (κ3) is 2.42. The summed E-state index contributed by atoms with van der Waals surface area (Å²) in [6, 6.07) is 15.7. The van der Waals surface area contributed by atoms with Gasteiger partial charge in [-0.2, -0.15) is 0 Å². The summed E-state index contributed by atoms with van der Waals surface area (Å²) in [6.07, 6.45) is 0.554. The van der Waals surface area contributed by atoms with Crippen molar-refractivity contribution in [3.63, 3.8) is 0 Å². The second-order valence-electron chi connectivity index (χ2n) is 5.86. The van der Waals surface area contributed by atoms with Gasteiger partial charge in [-0.3, -0.25) is 9.69 Å². The van der Waals surface area contributed by atoms with Crippen LogP contribution in [0.1, 0.15) is 18.9 Å². The fourth-order valence-electron chi connectivity index (χ4n) is 3.08. The molecule has 2 aromatic rings. The molecule has 0 fully saturated rings. The van der Waals surface area contributed by atoms with Crippen LogP contribution < -0.4 is 10.5 Å². The average molecular weight is 323 g/mol. The number of carbonyl (C=O) groups is 1. The Bertz CT molecular complexity index is 816. The van der Waals surface area contributed by atoms with Crippen molar-refractivity contribution in [3.8, 4) is 16.9 Å². The number of likely N-dealkylation sites (N-methyl/N-ethyl adjacent to an activating group) is 1. The number of nitrogens with zero attached hydrogens (tertiary/aromatic N) is 2. The SMILES string of the molecule is CCC1(c2cccc(-c3cccc(OC)c3)c2)N=C(N)N(C)C1=O. The van der Waals surface area contributed by atoms with Crippen molar-refractivity contribution < 1.29 is 9.53 Å². The maximum Gasteiger partial charge on any atom is 0.261 e. The Kier molecular flexibility index (Phi) is 4.01. The normalized spacial score (nSPS) is 20.2. The molecular weight excluding hydrogens is 302 g/mol. The van der Waals surface area contributed by atoms with Crippen LogP contribution in [0.5, 0.6) is 5.75 Å². The van der Waals surface area contributed by atoms with Crippen LogP contribution in [0.3, 0.4) is 0 Å². The summed E-state index contributed by atoms with van der Waals surface area (Å²) >= 11 is 0. The molecular formula is C19H21N3O2. The van der Waals surface area contributed by atoms with Gasteiger partial charge in [-0.05, 0) is 41.3 Å². The molecule has 5 nitrogen and oxygen atoms in total. The Morgan fingerprint density at radius 1 is 1.17 bits per heavy atom. The lowest BCUT2D eigenvalue weighted by Crippen LogP contribution is -2.40. The minimum absolute atomic E-state index is 0.0923. The number of methoxy groups -OCH3 is 1. The molecule has 0 saturated heterocycles. The van der Waals surface area contributed by atoms with E-state index in [-0.39, 0.29) is 11.9 Å². The lowest BCUT2D eigenvalue weighted by atomic mass is 9.85. The van der Waals surface area contributed by atoms with Crippen LogP contribution in [0.2, 0.25) is 0 Å². The van der Waals surface area contributed by atoms with Crippen LogP contribution in [-0.4, -0.2) is 30.9 Å². The number of carbonyl (C=O) groups excluding carboxylic acids is 1. The van der Waals surface area contributed by atoms with Crippen LogP contribution in [0.25, 0.3) is 11.1 Å². The van der Waals surface area contributed by atoms with E-state index in [9.17, 15) is 4.79 Å². The van der Waals surface area contributed by atoms with E-state index in [0.29, 0.717) is 6.42 Å². The van der Waals surface area contributed by atoms with E-state index in [1.54, 1.807) is 14.2 Å². The molecule has 1 aliphatic heterocycles. The molecule has 5 heteroatoms. The number of rotatable bonds is 4. The van der Waals surface area contributed by atoms with Crippen molar-refractivity contribution in [2.75, 3.05) is 14.2 Å². The lowest BCUT2D eigenvalue weighted by Gasteiger charge is -2.24. The van der Waals surface area contributed by atoms with Crippen LogP contribution in [-0.2, 0) is 10.3 Å². The summed E-state index contributed by atoms with van der Waals surface area (Å²) in [5.41, 5.74) is 7.83. The molecule has 1 aliphatic rings. The minimum atomic E-state index is -0.937. The molecule has 2 aromatic carbocycles. The van der Waals surface area contributed by atoms with Gasteiger partial charge in [0.1, 0.15) is 5.75 Å². The molecule has 2 N–H and O–H groups in total. The van der Waals surface area contributed by atoms with Gasteiger partial charge < -0.3 is 10.5 Å². The molecule has 0 aromatic heterocycles. The van der Waals surface area contributed by atoms with Gasteiger partial charge in [0.25, 0.3) is 5.91 Å². The number of hydrogen-bond donors (Lipinski definition) is 1. The Hall–Kier alpha value is -2.82. The summed E-state index contributed by atoms with van der Waals surface area (Å²) in [6.45, 7) is 1.95. The fraction of sp³-hybridized carbons (Fsp3) is 0.263. The zero-order chi connectivity index (χ0) is 17.3. The Morgan fingerprint density at radius 2 is 1.83 bits per heavy atom. The lowest BCUT2D eigenvalue weighted by molar-refractivity contribution is -0.130. The van der Waals surface area contributed by atoms with E-state index in [4.69, 9.17) is 10.5 Å². The zero-order valence-corrected chi connectivity index (χ0v) is 14.1. The van der Waals surface area contributed by atoms with Crippen molar-refractivity contribution in [2.24, 2.45) is 10.7 Å². The van der Waals surface area contributed by atoms with E-state index < -0.39 is 5.54 Å². The van der Waals surface area contributed by atoms with Gasteiger partial charge in [-0.1, -0.05) is 37.3 Å². The molecule has 0 spiro atoms. The van der Waals surface area contributed by atoms with Crippen LogP contribution in [0.15, 0.2) is 53.5 Å². The minimum Gasteiger partial charge on any atom is -0.497 e. The summed E-state index contributed by atoms with van der Waals surface area (Å²) in [7, 11) is 3.30. The smallest absolute Gasteiger partial charge is 0.261 e. The Balaban J connectivity index is 2.09. The van der Waals surface area contributed by atoms with Crippen molar-refractivity contribution in [3.05, 3.63) is 54.1 Å². The molecule has 124 valence electrons. The first-order valence-corrected chi connectivity index (χ1v) is 7.90. The first kappa shape index (κ1) is 16.1. The highest BCUT2D eigenvalue weighted by Gasteiger charge is 2.46. The number of ether oxygens (including phenoxy) is 1. The molecule has 1 amide bonds. The van der Waals surface area contributed by atoms with Crippen LogP contribution in [0, 0.1) is 0 Å². The van der Waals surface area contributed by atoms with Gasteiger partial charge >= 0.3 is 0 Å². The Labute approximate surface area is 141 Å².